The SMILES string of the molecule is CC(C)Cn1ccnc(NCC(Cl)C(C)C)c1=O. The zero-order chi connectivity index (χ0) is 13.7. The Hall–Kier alpha value is -1.03. The van der Waals surface area contributed by atoms with E-state index in [4.69, 9.17) is 11.6 Å². The average molecular weight is 272 g/mol. The first-order chi connectivity index (χ1) is 8.41. The highest BCUT2D eigenvalue weighted by Gasteiger charge is 2.11. The van der Waals surface area contributed by atoms with E-state index in [0.29, 0.717) is 30.7 Å². The molecule has 4 nitrogen and oxygen atoms in total. The minimum absolute atomic E-state index is 0.00930. The first kappa shape index (κ1) is 15.0. The van der Waals surface area contributed by atoms with Gasteiger partial charge in [-0.05, 0) is 11.8 Å². The Bertz CT molecular complexity index is 428. The van der Waals surface area contributed by atoms with Crippen LogP contribution in [0.2, 0.25) is 0 Å². The quantitative estimate of drug-likeness (QED) is 0.809. The molecule has 1 atom stereocenters. The van der Waals surface area contributed by atoms with Crippen molar-refractivity contribution in [2.24, 2.45) is 11.8 Å². The maximum absolute atomic E-state index is 12.1. The molecule has 0 amide bonds. The molecule has 1 unspecified atom stereocenters. The Morgan fingerprint density at radius 3 is 2.61 bits per heavy atom. The van der Waals surface area contributed by atoms with Gasteiger partial charge in [-0.3, -0.25) is 4.79 Å². The lowest BCUT2D eigenvalue weighted by Gasteiger charge is -2.15. The second-order valence-electron chi connectivity index (χ2n) is 5.27. The Morgan fingerprint density at radius 2 is 2.06 bits per heavy atom. The highest BCUT2D eigenvalue weighted by molar-refractivity contribution is 6.21. The van der Waals surface area contributed by atoms with Crippen molar-refractivity contribution in [2.75, 3.05) is 11.9 Å². The Kier molecular flexibility index (Phi) is 5.66. The Morgan fingerprint density at radius 1 is 1.39 bits per heavy atom. The number of anilines is 1. The molecule has 0 spiro atoms. The molecule has 0 aromatic carbocycles. The summed E-state index contributed by atoms with van der Waals surface area (Å²) in [7, 11) is 0. The van der Waals surface area contributed by atoms with Crippen LogP contribution in [0.15, 0.2) is 17.2 Å². The molecule has 1 aromatic rings. The fraction of sp³-hybridized carbons (Fsp3) is 0.692. The first-order valence-electron chi connectivity index (χ1n) is 6.35. The lowest BCUT2D eigenvalue weighted by Crippen LogP contribution is -2.29. The van der Waals surface area contributed by atoms with Crippen LogP contribution in [0.1, 0.15) is 27.7 Å². The van der Waals surface area contributed by atoms with Gasteiger partial charge in [0.1, 0.15) is 0 Å². The van der Waals surface area contributed by atoms with Gasteiger partial charge in [0.15, 0.2) is 5.82 Å². The number of halogens is 1. The standard InChI is InChI=1S/C13H22ClN3O/c1-9(2)8-17-6-5-15-12(13(17)18)16-7-11(14)10(3)4/h5-6,9-11H,7-8H2,1-4H3,(H,15,16). The van der Waals surface area contributed by atoms with Gasteiger partial charge in [0.2, 0.25) is 0 Å². The van der Waals surface area contributed by atoms with Gasteiger partial charge < -0.3 is 9.88 Å². The second-order valence-corrected chi connectivity index (χ2v) is 5.83. The van der Waals surface area contributed by atoms with Crippen LogP contribution >= 0.6 is 11.6 Å². The molecule has 18 heavy (non-hydrogen) atoms. The van der Waals surface area contributed by atoms with Crippen molar-refractivity contribution in [3.63, 3.8) is 0 Å². The fourth-order valence-electron chi connectivity index (χ4n) is 1.54. The van der Waals surface area contributed by atoms with Crippen molar-refractivity contribution < 1.29 is 0 Å². The van der Waals surface area contributed by atoms with Crippen LogP contribution in [-0.2, 0) is 6.54 Å². The van der Waals surface area contributed by atoms with E-state index in [2.05, 4.69) is 38.0 Å². The molecule has 0 aliphatic carbocycles. The predicted octanol–water partition coefficient (Wildman–Crippen LogP) is 2.57. The normalized spacial score (nSPS) is 13.1. The highest BCUT2D eigenvalue weighted by atomic mass is 35.5. The van der Waals surface area contributed by atoms with Crippen LogP contribution in [-0.4, -0.2) is 21.5 Å². The third-order valence-corrected chi connectivity index (χ3v) is 3.32. The summed E-state index contributed by atoms with van der Waals surface area (Å²) >= 11 is 6.14. The zero-order valence-corrected chi connectivity index (χ0v) is 12.2. The van der Waals surface area contributed by atoms with Crippen molar-refractivity contribution in [1.29, 1.82) is 0 Å². The molecule has 0 saturated heterocycles. The van der Waals surface area contributed by atoms with E-state index in [1.165, 1.54) is 0 Å². The molecule has 1 rings (SSSR count). The number of rotatable bonds is 6. The van der Waals surface area contributed by atoms with E-state index in [9.17, 15) is 4.79 Å². The predicted molar refractivity (Wildman–Crippen MR) is 76.3 cm³/mol. The Balaban J connectivity index is 2.75. The third-order valence-electron chi connectivity index (χ3n) is 2.66. The summed E-state index contributed by atoms with van der Waals surface area (Å²) in [6, 6.07) is 0. The van der Waals surface area contributed by atoms with Crippen LogP contribution in [0, 0.1) is 11.8 Å². The van der Waals surface area contributed by atoms with Crippen molar-refractivity contribution >= 4 is 17.4 Å². The van der Waals surface area contributed by atoms with Gasteiger partial charge in [0.05, 0.1) is 5.38 Å². The molecule has 0 saturated carbocycles. The molecule has 1 aromatic heterocycles. The van der Waals surface area contributed by atoms with Crippen LogP contribution in [0.4, 0.5) is 5.82 Å². The molecule has 0 bridgehead atoms. The lowest BCUT2D eigenvalue weighted by molar-refractivity contribution is 0.509. The molecule has 5 heteroatoms. The average Bonchev–Trinajstić information content (AvgIpc) is 2.29. The molecular formula is C13H22ClN3O. The topological polar surface area (TPSA) is 46.9 Å². The maximum Gasteiger partial charge on any atom is 0.293 e. The van der Waals surface area contributed by atoms with Gasteiger partial charge in [0, 0.05) is 25.5 Å². The van der Waals surface area contributed by atoms with E-state index >= 15 is 0 Å². The minimum Gasteiger partial charge on any atom is -0.364 e. The number of hydrogen-bond donors (Lipinski definition) is 1. The van der Waals surface area contributed by atoms with E-state index in [-0.39, 0.29) is 10.9 Å². The highest BCUT2D eigenvalue weighted by Crippen LogP contribution is 2.09. The second kappa shape index (κ2) is 6.78. The summed E-state index contributed by atoms with van der Waals surface area (Å²) < 4.78 is 1.68. The van der Waals surface area contributed by atoms with E-state index in [1.807, 2.05) is 0 Å². The van der Waals surface area contributed by atoms with Gasteiger partial charge in [-0.15, -0.1) is 11.6 Å². The van der Waals surface area contributed by atoms with Crippen LogP contribution < -0.4 is 10.9 Å². The number of alkyl halides is 1. The van der Waals surface area contributed by atoms with Gasteiger partial charge in [0.25, 0.3) is 5.56 Å². The van der Waals surface area contributed by atoms with Crippen molar-refractivity contribution in [3.05, 3.63) is 22.7 Å². The van der Waals surface area contributed by atoms with E-state index < -0.39 is 0 Å². The largest absolute Gasteiger partial charge is 0.364 e. The fourth-order valence-corrected chi connectivity index (χ4v) is 1.61. The smallest absolute Gasteiger partial charge is 0.293 e. The monoisotopic (exact) mass is 271 g/mol. The van der Waals surface area contributed by atoms with Gasteiger partial charge >= 0.3 is 0 Å². The summed E-state index contributed by atoms with van der Waals surface area (Å²) in [5, 5.41) is 3.02. The molecule has 1 N–H and O–H groups in total. The number of hydrogen-bond acceptors (Lipinski definition) is 3. The van der Waals surface area contributed by atoms with Gasteiger partial charge in [-0.1, -0.05) is 27.7 Å². The molecule has 1 heterocycles. The number of aromatic nitrogens is 2. The molecule has 0 fully saturated rings. The van der Waals surface area contributed by atoms with Crippen molar-refractivity contribution in [2.45, 2.75) is 39.6 Å². The lowest BCUT2D eigenvalue weighted by atomic mass is 10.1. The van der Waals surface area contributed by atoms with E-state index in [1.54, 1.807) is 17.0 Å². The third kappa shape index (κ3) is 4.33. The summed E-state index contributed by atoms with van der Waals surface area (Å²) in [6.45, 7) is 9.50. The number of nitrogens with one attached hydrogen (secondary N) is 1. The number of nitrogens with zero attached hydrogens (tertiary/aromatic N) is 2. The molecule has 102 valence electrons. The summed E-state index contributed by atoms with van der Waals surface area (Å²) in [5.74, 6) is 1.17. The molecule has 0 radical (unpaired) electrons. The van der Waals surface area contributed by atoms with Crippen molar-refractivity contribution in [1.82, 2.24) is 9.55 Å². The Labute approximate surface area is 113 Å². The molecule has 0 aliphatic heterocycles. The van der Waals surface area contributed by atoms with Gasteiger partial charge in [-0.2, -0.15) is 0 Å². The first-order valence-corrected chi connectivity index (χ1v) is 6.78. The van der Waals surface area contributed by atoms with Crippen molar-refractivity contribution in [3.8, 4) is 0 Å². The summed E-state index contributed by atoms with van der Waals surface area (Å²) in [4.78, 5) is 16.2. The van der Waals surface area contributed by atoms with Crippen LogP contribution in [0.25, 0.3) is 0 Å². The molecule has 0 aliphatic rings. The zero-order valence-electron chi connectivity index (χ0n) is 11.5. The summed E-state index contributed by atoms with van der Waals surface area (Å²) in [6.07, 6.45) is 3.36. The minimum atomic E-state index is -0.0844. The van der Waals surface area contributed by atoms with Crippen LogP contribution in [0.5, 0.6) is 0 Å². The van der Waals surface area contributed by atoms with Crippen LogP contribution in [0.3, 0.4) is 0 Å². The van der Waals surface area contributed by atoms with E-state index in [0.717, 1.165) is 0 Å². The molecular weight excluding hydrogens is 250 g/mol. The maximum atomic E-state index is 12.1. The van der Waals surface area contributed by atoms with Gasteiger partial charge in [-0.25, -0.2) is 4.98 Å². The summed E-state index contributed by atoms with van der Waals surface area (Å²) in [5.41, 5.74) is -0.0844.